The summed E-state index contributed by atoms with van der Waals surface area (Å²) in [6, 6.07) is 7.31. The Bertz CT molecular complexity index is 854. The van der Waals surface area contributed by atoms with Gasteiger partial charge in [-0.05, 0) is 24.0 Å². The van der Waals surface area contributed by atoms with E-state index in [-0.39, 0.29) is 6.04 Å². The monoisotopic (exact) mass is 404 g/mol. The fourth-order valence-electron chi connectivity index (χ4n) is 3.01. The number of ether oxygens (including phenoxy) is 1. The van der Waals surface area contributed by atoms with E-state index in [2.05, 4.69) is 15.0 Å². The second-order valence-corrected chi connectivity index (χ2v) is 6.32. The van der Waals surface area contributed by atoms with E-state index in [9.17, 15) is 31.1 Å². The van der Waals surface area contributed by atoms with Gasteiger partial charge in [0.05, 0.1) is 11.1 Å². The van der Waals surface area contributed by atoms with Crippen LogP contribution in [-0.2, 0) is 19.0 Å². The van der Waals surface area contributed by atoms with Gasteiger partial charge in [-0.25, -0.2) is 4.98 Å². The molecule has 1 aromatic heterocycles. The smallest absolute Gasteiger partial charge is 0.422 e. The Morgan fingerprint density at radius 3 is 2.25 bits per heavy atom. The molecular formula is C18H14F6N2O2. The lowest BCUT2D eigenvalue weighted by molar-refractivity contribution is -0.154. The number of alkyl halides is 6. The van der Waals surface area contributed by atoms with Gasteiger partial charge < -0.3 is 10.1 Å². The highest BCUT2D eigenvalue weighted by molar-refractivity contribution is 5.96. The minimum absolute atomic E-state index is 0.296. The van der Waals surface area contributed by atoms with Gasteiger partial charge in [-0.1, -0.05) is 24.3 Å². The minimum atomic E-state index is -4.97. The number of halogens is 6. The number of carbonyl (C=O) groups excluding carboxylic acids is 1. The average molecular weight is 404 g/mol. The molecule has 0 radical (unpaired) electrons. The van der Waals surface area contributed by atoms with Crippen molar-refractivity contribution in [2.75, 3.05) is 6.61 Å². The van der Waals surface area contributed by atoms with Crippen molar-refractivity contribution in [1.29, 1.82) is 0 Å². The van der Waals surface area contributed by atoms with Crippen molar-refractivity contribution >= 4 is 5.91 Å². The first kappa shape index (κ1) is 20.0. The number of fused-ring (bicyclic) bond motifs is 1. The summed E-state index contributed by atoms with van der Waals surface area (Å²) in [5, 5.41) is 2.53. The van der Waals surface area contributed by atoms with Gasteiger partial charge in [-0.2, -0.15) is 26.3 Å². The summed E-state index contributed by atoms with van der Waals surface area (Å²) in [5.41, 5.74) is -0.189. The van der Waals surface area contributed by atoms with E-state index in [0.29, 0.717) is 25.1 Å². The summed E-state index contributed by atoms with van der Waals surface area (Å²) in [6.45, 7) is -1.79. The molecule has 150 valence electrons. The predicted molar refractivity (Wildman–Crippen MR) is 85.9 cm³/mol. The molecular weight excluding hydrogens is 390 g/mol. The van der Waals surface area contributed by atoms with Gasteiger partial charge >= 0.3 is 12.4 Å². The zero-order valence-corrected chi connectivity index (χ0v) is 14.2. The van der Waals surface area contributed by atoms with Crippen molar-refractivity contribution in [3.63, 3.8) is 0 Å². The van der Waals surface area contributed by atoms with Crippen LogP contribution in [0.15, 0.2) is 36.5 Å². The van der Waals surface area contributed by atoms with Crippen LogP contribution in [0.25, 0.3) is 0 Å². The normalized spacial score (nSPS) is 14.6. The molecule has 0 fully saturated rings. The van der Waals surface area contributed by atoms with E-state index >= 15 is 0 Å². The minimum Gasteiger partial charge on any atom is -0.468 e. The molecule has 1 amide bonds. The summed E-state index contributed by atoms with van der Waals surface area (Å²) in [7, 11) is 0. The summed E-state index contributed by atoms with van der Waals surface area (Å²) in [5.74, 6) is -1.87. The molecule has 1 aliphatic carbocycles. The molecule has 28 heavy (non-hydrogen) atoms. The first-order valence-corrected chi connectivity index (χ1v) is 8.17. The zero-order valence-electron chi connectivity index (χ0n) is 14.2. The van der Waals surface area contributed by atoms with Crippen LogP contribution >= 0.6 is 0 Å². The summed E-state index contributed by atoms with van der Waals surface area (Å²) < 4.78 is 80.7. The van der Waals surface area contributed by atoms with Gasteiger partial charge in [0.25, 0.3) is 5.91 Å². The third kappa shape index (κ3) is 4.73. The summed E-state index contributed by atoms with van der Waals surface area (Å²) in [4.78, 5) is 15.8. The van der Waals surface area contributed by atoms with E-state index in [1.807, 2.05) is 24.3 Å². The number of hydrogen-bond donors (Lipinski definition) is 1. The highest BCUT2D eigenvalue weighted by Crippen LogP contribution is 2.34. The number of nitrogens with zero attached hydrogens (tertiary/aromatic N) is 1. The fraction of sp³-hybridized carbons (Fsp3) is 0.333. The Labute approximate surface area is 155 Å². The Kier molecular flexibility index (Phi) is 5.22. The number of hydrogen-bond acceptors (Lipinski definition) is 3. The quantitative estimate of drug-likeness (QED) is 0.786. The molecule has 1 heterocycles. The van der Waals surface area contributed by atoms with E-state index in [1.54, 1.807) is 0 Å². The molecule has 1 aliphatic rings. The number of pyridine rings is 1. The molecule has 0 bridgehead atoms. The van der Waals surface area contributed by atoms with Crippen molar-refractivity contribution in [2.45, 2.75) is 31.2 Å². The zero-order chi connectivity index (χ0) is 20.5. The van der Waals surface area contributed by atoms with Gasteiger partial charge in [-0.3, -0.25) is 4.79 Å². The molecule has 0 aliphatic heterocycles. The molecule has 0 unspecified atom stereocenters. The lowest BCUT2D eigenvalue weighted by Crippen LogP contribution is -2.36. The van der Waals surface area contributed by atoms with Crippen molar-refractivity contribution in [3.05, 3.63) is 58.8 Å². The van der Waals surface area contributed by atoms with Gasteiger partial charge in [0.15, 0.2) is 6.61 Å². The molecule has 0 saturated heterocycles. The molecule has 0 atom stereocenters. The highest BCUT2D eigenvalue weighted by atomic mass is 19.4. The maximum absolute atomic E-state index is 13.3. The Morgan fingerprint density at radius 1 is 1.11 bits per heavy atom. The van der Waals surface area contributed by atoms with E-state index in [1.165, 1.54) is 0 Å². The molecule has 1 aromatic carbocycles. The van der Waals surface area contributed by atoms with Gasteiger partial charge in [0.1, 0.15) is 0 Å². The Balaban J connectivity index is 1.77. The fourth-order valence-corrected chi connectivity index (χ4v) is 3.01. The van der Waals surface area contributed by atoms with Crippen LogP contribution < -0.4 is 10.1 Å². The Morgan fingerprint density at radius 2 is 1.71 bits per heavy atom. The van der Waals surface area contributed by atoms with E-state index < -0.39 is 41.9 Å². The number of rotatable bonds is 4. The second kappa shape index (κ2) is 7.33. The predicted octanol–water partition coefficient (Wildman–Crippen LogP) is 3.94. The van der Waals surface area contributed by atoms with Crippen LogP contribution in [0.2, 0.25) is 0 Å². The molecule has 1 N–H and O–H groups in total. The third-order valence-electron chi connectivity index (χ3n) is 4.20. The molecule has 4 nitrogen and oxygen atoms in total. The maximum atomic E-state index is 13.3. The van der Waals surface area contributed by atoms with Crippen LogP contribution in [0.5, 0.6) is 5.88 Å². The van der Waals surface area contributed by atoms with Crippen molar-refractivity contribution in [3.8, 4) is 5.88 Å². The number of aromatic nitrogens is 1. The van der Waals surface area contributed by atoms with Crippen molar-refractivity contribution < 1.29 is 35.9 Å². The SMILES string of the molecule is O=C(NC1Cc2ccccc2C1)c1cnc(OCC(F)(F)F)cc1C(F)(F)F. The molecule has 10 heteroatoms. The highest BCUT2D eigenvalue weighted by Gasteiger charge is 2.37. The average Bonchev–Trinajstić information content (AvgIpc) is 3.00. The summed E-state index contributed by atoms with van der Waals surface area (Å²) >= 11 is 0. The van der Waals surface area contributed by atoms with Gasteiger partial charge in [-0.15, -0.1) is 0 Å². The van der Waals surface area contributed by atoms with Crippen LogP contribution in [0.4, 0.5) is 26.3 Å². The standard InChI is InChI=1S/C18H14F6N2O2/c19-17(20,21)9-28-15-7-14(18(22,23)24)13(8-25-15)16(27)26-12-5-10-3-1-2-4-11(10)6-12/h1-4,7-8,12H,5-6,9H2,(H,26,27). The lowest BCUT2D eigenvalue weighted by atomic mass is 10.1. The largest absolute Gasteiger partial charge is 0.468 e. The third-order valence-corrected chi connectivity index (χ3v) is 4.20. The first-order chi connectivity index (χ1) is 13.0. The van der Waals surface area contributed by atoms with Crippen LogP contribution in [-0.4, -0.2) is 29.7 Å². The molecule has 2 aromatic rings. The molecule has 3 rings (SSSR count). The van der Waals surface area contributed by atoms with E-state index in [4.69, 9.17) is 0 Å². The lowest BCUT2D eigenvalue weighted by Gasteiger charge is -2.17. The van der Waals surface area contributed by atoms with Crippen LogP contribution in [0.1, 0.15) is 27.0 Å². The first-order valence-electron chi connectivity index (χ1n) is 8.17. The number of amides is 1. The topological polar surface area (TPSA) is 51.2 Å². The summed E-state index contributed by atoms with van der Waals surface area (Å²) in [6.07, 6.45) is -8.17. The number of benzene rings is 1. The molecule has 0 saturated carbocycles. The van der Waals surface area contributed by atoms with Crippen LogP contribution in [0.3, 0.4) is 0 Å². The maximum Gasteiger partial charge on any atom is 0.422 e. The van der Waals surface area contributed by atoms with Crippen LogP contribution in [0, 0.1) is 0 Å². The van der Waals surface area contributed by atoms with Gasteiger partial charge in [0, 0.05) is 18.3 Å². The molecule has 0 spiro atoms. The number of carbonyl (C=O) groups is 1. The van der Waals surface area contributed by atoms with Crippen molar-refractivity contribution in [1.82, 2.24) is 10.3 Å². The second-order valence-electron chi connectivity index (χ2n) is 6.32. The van der Waals surface area contributed by atoms with Crippen molar-refractivity contribution in [2.24, 2.45) is 0 Å². The Hall–Kier alpha value is -2.78. The van der Waals surface area contributed by atoms with E-state index in [0.717, 1.165) is 11.1 Å². The van der Waals surface area contributed by atoms with Gasteiger partial charge in [0.2, 0.25) is 5.88 Å². The number of nitrogens with one attached hydrogen (secondary N) is 1.